The molecule has 7 nitrogen and oxygen atoms in total. The van der Waals surface area contributed by atoms with E-state index < -0.39 is 34.4 Å². The third kappa shape index (κ3) is 6.59. The van der Waals surface area contributed by atoms with Crippen molar-refractivity contribution < 1.29 is 18.0 Å². The largest absolute Gasteiger partial charge is 0.357 e. The van der Waals surface area contributed by atoms with E-state index in [1.165, 1.54) is 24.1 Å². The predicted octanol–water partition coefficient (Wildman–Crippen LogP) is 5.11. The average Bonchev–Trinajstić information content (AvgIpc) is 2.88. The number of carbonyl (C=O) groups is 2. The molecule has 3 aromatic carbocycles. The molecule has 1 N–H and O–H groups in total. The van der Waals surface area contributed by atoms with Gasteiger partial charge in [0.15, 0.2) is 0 Å². The third-order valence-electron chi connectivity index (χ3n) is 5.48. The SMILES string of the molecule is CNC(=O)[C@@H](C)N(Cc1ccc(Cl)c(Cl)c1)C(=O)CN(c1ccc(Br)cc1)S(=O)(=O)c1ccccc1. The van der Waals surface area contributed by atoms with E-state index in [4.69, 9.17) is 23.2 Å². The van der Waals surface area contributed by atoms with Crippen LogP contribution in [0.5, 0.6) is 0 Å². The number of sulfonamides is 1. The standard InChI is InChI=1S/C25H24BrCl2N3O4S/c1-17(25(33)29-2)30(15-18-8-13-22(27)23(28)14-18)24(32)16-31(20-11-9-19(26)10-12-20)36(34,35)21-6-4-3-5-7-21/h3-14,17H,15-16H2,1-2H3,(H,29,33)/t17-/m1/s1. The van der Waals surface area contributed by atoms with Crippen molar-refractivity contribution in [1.82, 2.24) is 10.2 Å². The van der Waals surface area contributed by atoms with Gasteiger partial charge in [-0.15, -0.1) is 0 Å². The topological polar surface area (TPSA) is 86.8 Å². The lowest BCUT2D eigenvalue weighted by Gasteiger charge is -2.31. The number of likely N-dealkylation sites (N-methyl/N-ethyl adjacent to an activating group) is 1. The van der Waals surface area contributed by atoms with Crippen molar-refractivity contribution in [3.05, 3.63) is 92.9 Å². The molecule has 0 spiro atoms. The number of carbonyl (C=O) groups excluding carboxylic acids is 2. The maximum Gasteiger partial charge on any atom is 0.264 e. The van der Waals surface area contributed by atoms with Crippen LogP contribution in [-0.4, -0.2) is 44.8 Å². The van der Waals surface area contributed by atoms with Gasteiger partial charge in [-0.1, -0.05) is 63.4 Å². The number of nitrogens with zero attached hydrogens (tertiary/aromatic N) is 2. The zero-order valence-corrected chi connectivity index (χ0v) is 23.4. The second kappa shape index (κ2) is 12.1. The van der Waals surface area contributed by atoms with E-state index >= 15 is 0 Å². The minimum absolute atomic E-state index is 0.0177. The first-order valence-electron chi connectivity index (χ1n) is 10.8. The number of rotatable bonds is 9. The molecule has 2 amide bonds. The van der Waals surface area contributed by atoms with E-state index in [0.717, 1.165) is 8.78 Å². The van der Waals surface area contributed by atoms with Gasteiger partial charge in [0.25, 0.3) is 10.0 Å². The minimum atomic E-state index is -4.10. The Morgan fingerprint density at radius 1 is 0.972 bits per heavy atom. The van der Waals surface area contributed by atoms with Gasteiger partial charge in [-0.25, -0.2) is 8.42 Å². The zero-order chi connectivity index (χ0) is 26.5. The normalized spacial score (nSPS) is 12.0. The highest BCUT2D eigenvalue weighted by molar-refractivity contribution is 9.10. The van der Waals surface area contributed by atoms with Gasteiger partial charge >= 0.3 is 0 Å². The van der Waals surface area contributed by atoms with Gasteiger partial charge in [0.2, 0.25) is 11.8 Å². The Balaban J connectivity index is 2.02. The van der Waals surface area contributed by atoms with Crippen LogP contribution in [0.15, 0.2) is 82.2 Å². The van der Waals surface area contributed by atoms with Crippen molar-refractivity contribution in [3.63, 3.8) is 0 Å². The highest BCUT2D eigenvalue weighted by atomic mass is 79.9. The molecule has 11 heteroatoms. The van der Waals surface area contributed by atoms with Gasteiger partial charge in [-0.05, 0) is 61.0 Å². The number of anilines is 1. The summed E-state index contributed by atoms with van der Waals surface area (Å²) < 4.78 is 29.0. The van der Waals surface area contributed by atoms with E-state index in [-0.39, 0.29) is 11.4 Å². The molecule has 0 aliphatic heterocycles. The van der Waals surface area contributed by atoms with Crippen LogP contribution in [0, 0.1) is 0 Å². The number of halogens is 3. The molecule has 0 fully saturated rings. The van der Waals surface area contributed by atoms with Crippen molar-refractivity contribution in [2.24, 2.45) is 0 Å². The summed E-state index contributed by atoms with van der Waals surface area (Å²) in [7, 11) is -2.63. The molecule has 0 aliphatic rings. The summed E-state index contributed by atoms with van der Waals surface area (Å²) in [5, 5.41) is 3.19. The van der Waals surface area contributed by atoms with Crippen molar-refractivity contribution >= 4 is 66.7 Å². The molecule has 190 valence electrons. The number of benzene rings is 3. The van der Waals surface area contributed by atoms with E-state index in [1.54, 1.807) is 67.6 Å². The lowest BCUT2D eigenvalue weighted by atomic mass is 10.1. The van der Waals surface area contributed by atoms with E-state index in [2.05, 4.69) is 21.2 Å². The van der Waals surface area contributed by atoms with Crippen LogP contribution in [0.1, 0.15) is 12.5 Å². The first-order chi connectivity index (χ1) is 17.0. The maximum absolute atomic E-state index is 13.7. The Hall–Kier alpha value is -2.59. The van der Waals surface area contributed by atoms with Gasteiger partial charge in [0.05, 0.1) is 20.6 Å². The molecule has 3 aromatic rings. The number of hydrogen-bond donors (Lipinski definition) is 1. The molecular weight excluding hydrogens is 589 g/mol. The highest BCUT2D eigenvalue weighted by Gasteiger charge is 2.32. The van der Waals surface area contributed by atoms with Crippen LogP contribution in [0.3, 0.4) is 0 Å². The highest BCUT2D eigenvalue weighted by Crippen LogP contribution is 2.27. The van der Waals surface area contributed by atoms with Crippen molar-refractivity contribution in [2.45, 2.75) is 24.4 Å². The molecule has 0 saturated heterocycles. The fourth-order valence-electron chi connectivity index (χ4n) is 3.48. The predicted molar refractivity (Wildman–Crippen MR) is 146 cm³/mol. The van der Waals surface area contributed by atoms with Gasteiger partial charge < -0.3 is 10.2 Å². The maximum atomic E-state index is 13.7. The van der Waals surface area contributed by atoms with Gasteiger partial charge in [0.1, 0.15) is 12.6 Å². The third-order valence-corrected chi connectivity index (χ3v) is 8.53. The molecule has 0 saturated carbocycles. The Morgan fingerprint density at radius 3 is 2.19 bits per heavy atom. The van der Waals surface area contributed by atoms with Gasteiger partial charge in [-0.3, -0.25) is 13.9 Å². The molecule has 0 radical (unpaired) electrons. The Kier molecular flexibility index (Phi) is 9.41. The molecule has 0 heterocycles. The molecule has 36 heavy (non-hydrogen) atoms. The molecule has 0 aliphatic carbocycles. The van der Waals surface area contributed by atoms with Gasteiger partial charge in [-0.2, -0.15) is 0 Å². The van der Waals surface area contributed by atoms with Crippen molar-refractivity contribution in [2.75, 3.05) is 17.9 Å². The smallest absolute Gasteiger partial charge is 0.264 e. The van der Waals surface area contributed by atoms with Crippen LogP contribution in [0.4, 0.5) is 5.69 Å². The van der Waals surface area contributed by atoms with Crippen LogP contribution in [0.2, 0.25) is 10.0 Å². The number of amides is 2. The van der Waals surface area contributed by atoms with E-state index in [1.807, 2.05) is 0 Å². The number of hydrogen-bond acceptors (Lipinski definition) is 4. The lowest BCUT2D eigenvalue weighted by Crippen LogP contribution is -2.50. The van der Waals surface area contributed by atoms with Crippen molar-refractivity contribution in [3.8, 4) is 0 Å². The van der Waals surface area contributed by atoms with Crippen LogP contribution in [0.25, 0.3) is 0 Å². The summed E-state index contributed by atoms with van der Waals surface area (Å²) in [6, 6.07) is 18.4. The fraction of sp³-hybridized carbons (Fsp3) is 0.200. The molecule has 0 unspecified atom stereocenters. The summed E-state index contributed by atoms with van der Waals surface area (Å²) in [5.41, 5.74) is 0.937. The molecule has 0 aromatic heterocycles. The monoisotopic (exact) mass is 611 g/mol. The fourth-order valence-corrected chi connectivity index (χ4v) is 5.50. The van der Waals surface area contributed by atoms with E-state index in [0.29, 0.717) is 21.3 Å². The zero-order valence-electron chi connectivity index (χ0n) is 19.5. The Morgan fingerprint density at radius 2 is 1.61 bits per heavy atom. The van der Waals surface area contributed by atoms with Crippen LogP contribution < -0.4 is 9.62 Å². The summed E-state index contributed by atoms with van der Waals surface area (Å²) in [6.07, 6.45) is 0. The Labute approximate surface area is 229 Å². The number of nitrogens with one attached hydrogen (secondary N) is 1. The van der Waals surface area contributed by atoms with Crippen LogP contribution >= 0.6 is 39.1 Å². The summed E-state index contributed by atoms with van der Waals surface area (Å²) in [4.78, 5) is 27.5. The first kappa shape index (κ1) is 28.0. The summed E-state index contributed by atoms with van der Waals surface area (Å²) >= 11 is 15.5. The second-order valence-corrected chi connectivity index (χ2v) is 11.5. The average molecular weight is 613 g/mol. The minimum Gasteiger partial charge on any atom is -0.357 e. The molecule has 3 rings (SSSR count). The lowest BCUT2D eigenvalue weighted by molar-refractivity contribution is -0.139. The molecular formula is C25H24BrCl2N3O4S. The first-order valence-corrected chi connectivity index (χ1v) is 13.8. The summed E-state index contributed by atoms with van der Waals surface area (Å²) in [5.74, 6) is -0.968. The Bertz CT molecular complexity index is 1340. The van der Waals surface area contributed by atoms with Crippen LogP contribution in [-0.2, 0) is 26.2 Å². The molecule has 0 bridgehead atoms. The second-order valence-electron chi connectivity index (χ2n) is 7.86. The van der Waals surface area contributed by atoms with Gasteiger partial charge in [0, 0.05) is 18.1 Å². The molecule has 1 atom stereocenters. The van der Waals surface area contributed by atoms with Crippen molar-refractivity contribution in [1.29, 1.82) is 0 Å². The quantitative estimate of drug-likeness (QED) is 0.364. The van der Waals surface area contributed by atoms with E-state index in [9.17, 15) is 18.0 Å². The summed E-state index contributed by atoms with van der Waals surface area (Å²) in [6.45, 7) is 1.06.